The monoisotopic (exact) mass is 315 g/mol. The minimum absolute atomic E-state index is 0.126. The summed E-state index contributed by atoms with van der Waals surface area (Å²) in [6.45, 7) is 4.50. The minimum atomic E-state index is -0.618. The van der Waals surface area contributed by atoms with Crippen LogP contribution in [0.2, 0.25) is 0 Å². The second kappa shape index (κ2) is 7.04. The fraction of sp³-hybridized carbons (Fsp3) is 0.650. The van der Waals surface area contributed by atoms with Crippen molar-refractivity contribution in [3.8, 4) is 0 Å². The lowest BCUT2D eigenvalue weighted by Crippen LogP contribution is -2.38. The molecule has 126 valence electrons. The van der Waals surface area contributed by atoms with Crippen molar-refractivity contribution in [2.45, 2.75) is 76.8 Å². The van der Waals surface area contributed by atoms with Crippen molar-refractivity contribution in [3.05, 3.63) is 34.9 Å². The molecule has 0 aliphatic heterocycles. The summed E-state index contributed by atoms with van der Waals surface area (Å²) in [6.07, 6.45) is 7.26. The van der Waals surface area contributed by atoms with E-state index in [1.165, 1.54) is 36.0 Å². The maximum Gasteiger partial charge on any atom is 0.306 e. The molecule has 23 heavy (non-hydrogen) atoms. The van der Waals surface area contributed by atoms with Crippen LogP contribution in [0, 0.1) is 5.92 Å². The molecule has 0 heterocycles. The molecule has 0 unspecified atom stereocenters. The van der Waals surface area contributed by atoms with Crippen molar-refractivity contribution in [1.82, 2.24) is 5.32 Å². The molecule has 1 atom stereocenters. The highest BCUT2D eigenvalue weighted by atomic mass is 16.4. The van der Waals surface area contributed by atoms with Gasteiger partial charge in [-0.05, 0) is 67.6 Å². The maximum atomic E-state index is 11.1. The van der Waals surface area contributed by atoms with Crippen molar-refractivity contribution in [2.24, 2.45) is 5.92 Å². The molecular weight excluding hydrogens is 286 g/mol. The number of nitrogens with one attached hydrogen (secondary N) is 1. The van der Waals surface area contributed by atoms with Crippen LogP contribution >= 0.6 is 0 Å². The number of aliphatic carboxylic acids is 1. The van der Waals surface area contributed by atoms with Crippen molar-refractivity contribution < 1.29 is 9.90 Å². The van der Waals surface area contributed by atoms with Crippen LogP contribution in [0.1, 0.15) is 81.0 Å². The quantitative estimate of drug-likeness (QED) is 0.864. The summed E-state index contributed by atoms with van der Waals surface area (Å²) in [5, 5.41) is 13.0. The Hall–Kier alpha value is -1.35. The molecule has 1 fully saturated rings. The van der Waals surface area contributed by atoms with Crippen molar-refractivity contribution in [2.75, 3.05) is 0 Å². The Morgan fingerprint density at radius 1 is 1.17 bits per heavy atom. The Kier molecular flexibility index (Phi) is 5.05. The average Bonchev–Trinajstić information content (AvgIpc) is 2.55. The number of carbonyl (C=O) groups is 1. The van der Waals surface area contributed by atoms with Crippen LogP contribution in [0.15, 0.2) is 18.2 Å². The lowest BCUT2D eigenvalue weighted by Gasteiger charge is -2.34. The fourth-order valence-electron chi connectivity index (χ4n) is 4.14. The summed E-state index contributed by atoms with van der Waals surface area (Å²) in [5.41, 5.74) is 4.41. The number of aryl methyl sites for hydroxylation is 1. The van der Waals surface area contributed by atoms with Gasteiger partial charge in [-0.25, -0.2) is 0 Å². The normalized spacial score (nSPS) is 27.7. The van der Waals surface area contributed by atoms with Crippen molar-refractivity contribution in [1.29, 1.82) is 0 Å². The maximum absolute atomic E-state index is 11.1. The molecule has 0 amide bonds. The first-order valence-electron chi connectivity index (χ1n) is 9.16. The number of carboxylic acids is 1. The molecule has 2 aliphatic rings. The second-order valence-electron chi connectivity index (χ2n) is 7.61. The highest BCUT2D eigenvalue weighted by Gasteiger charge is 2.29. The van der Waals surface area contributed by atoms with Gasteiger partial charge in [0.2, 0.25) is 0 Å². The standard InChI is InChI=1S/C20H29NO2/c1-13(2)16-7-6-14-4-3-5-19(18(14)12-16)21-17-10-8-15(9-11-17)20(22)23/h6-7,12-13,15,17,19,21H,3-5,8-11H2,1-2H3,(H,22,23)/t15?,17?,19-/m1/s1. The second-order valence-corrected chi connectivity index (χ2v) is 7.61. The third-order valence-electron chi connectivity index (χ3n) is 5.66. The van der Waals surface area contributed by atoms with Crippen LogP contribution in [0.25, 0.3) is 0 Å². The lowest BCUT2D eigenvalue weighted by molar-refractivity contribution is -0.142. The number of fused-ring (bicyclic) bond motifs is 1. The third-order valence-corrected chi connectivity index (χ3v) is 5.66. The molecule has 0 aromatic heterocycles. The number of hydrogen-bond acceptors (Lipinski definition) is 2. The Bertz CT molecular complexity index is 559. The summed E-state index contributed by atoms with van der Waals surface area (Å²) < 4.78 is 0. The Labute approximate surface area is 139 Å². The number of carboxylic acid groups (broad SMARTS) is 1. The summed E-state index contributed by atoms with van der Waals surface area (Å²) in [4.78, 5) is 11.1. The topological polar surface area (TPSA) is 49.3 Å². The zero-order valence-electron chi connectivity index (χ0n) is 14.3. The molecule has 0 spiro atoms. The molecule has 2 N–H and O–H groups in total. The van der Waals surface area contributed by atoms with Gasteiger partial charge in [0.1, 0.15) is 0 Å². The first-order chi connectivity index (χ1) is 11.0. The first-order valence-corrected chi connectivity index (χ1v) is 9.16. The van der Waals surface area contributed by atoms with E-state index in [0.717, 1.165) is 25.7 Å². The summed E-state index contributed by atoms with van der Waals surface area (Å²) in [7, 11) is 0. The molecule has 3 heteroatoms. The highest BCUT2D eigenvalue weighted by Crippen LogP contribution is 2.34. The van der Waals surface area contributed by atoms with Gasteiger partial charge in [0.25, 0.3) is 0 Å². The lowest BCUT2D eigenvalue weighted by atomic mass is 9.82. The molecule has 0 radical (unpaired) electrons. The number of benzene rings is 1. The van der Waals surface area contributed by atoms with Gasteiger partial charge in [0.15, 0.2) is 0 Å². The van der Waals surface area contributed by atoms with Crippen molar-refractivity contribution >= 4 is 5.97 Å². The third kappa shape index (κ3) is 3.77. The van der Waals surface area contributed by atoms with E-state index in [1.807, 2.05) is 0 Å². The zero-order valence-corrected chi connectivity index (χ0v) is 14.3. The molecule has 3 nitrogen and oxygen atoms in total. The molecule has 1 saturated carbocycles. The van der Waals surface area contributed by atoms with Gasteiger partial charge < -0.3 is 10.4 Å². The van der Waals surface area contributed by atoms with Gasteiger partial charge >= 0.3 is 5.97 Å². The minimum Gasteiger partial charge on any atom is -0.481 e. The van der Waals surface area contributed by atoms with Gasteiger partial charge in [0.05, 0.1) is 5.92 Å². The Balaban J connectivity index is 1.68. The molecule has 0 bridgehead atoms. The van der Waals surface area contributed by atoms with Gasteiger partial charge in [-0.2, -0.15) is 0 Å². The van der Waals surface area contributed by atoms with E-state index in [2.05, 4.69) is 37.4 Å². The van der Waals surface area contributed by atoms with E-state index in [0.29, 0.717) is 18.0 Å². The van der Waals surface area contributed by atoms with Gasteiger partial charge in [0, 0.05) is 12.1 Å². The van der Waals surface area contributed by atoms with Gasteiger partial charge in [-0.3, -0.25) is 4.79 Å². The van der Waals surface area contributed by atoms with Crippen LogP contribution < -0.4 is 5.32 Å². The van der Waals surface area contributed by atoms with Gasteiger partial charge in [-0.15, -0.1) is 0 Å². The zero-order chi connectivity index (χ0) is 16.4. The molecule has 0 saturated heterocycles. The van der Waals surface area contributed by atoms with E-state index >= 15 is 0 Å². The Morgan fingerprint density at radius 2 is 1.91 bits per heavy atom. The molecular formula is C20H29NO2. The molecule has 3 rings (SSSR count). The molecule has 2 aliphatic carbocycles. The van der Waals surface area contributed by atoms with Crippen LogP contribution in [0.3, 0.4) is 0 Å². The molecule has 1 aromatic carbocycles. The van der Waals surface area contributed by atoms with Crippen LogP contribution in [0.4, 0.5) is 0 Å². The van der Waals surface area contributed by atoms with E-state index in [9.17, 15) is 4.79 Å². The van der Waals surface area contributed by atoms with E-state index < -0.39 is 5.97 Å². The predicted molar refractivity (Wildman–Crippen MR) is 92.7 cm³/mol. The molecule has 1 aromatic rings. The van der Waals surface area contributed by atoms with Gasteiger partial charge in [-0.1, -0.05) is 32.0 Å². The predicted octanol–water partition coefficient (Wildman–Crippen LogP) is 4.42. The number of hydrogen-bond donors (Lipinski definition) is 2. The van der Waals surface area contributed by atoms with E-state index in [-0.39, 0.29) is 5.92 Å². The summed E-state index contributed by atoms with van der Waals surface area (Å²) >= 11 is 0. The smallest absolute Gasteiger partial charge is 0.306 e. The van der Waals surface area contributed by atoms with Crippen LogP contribution in [-0.2, 0) is 11.2 Å². The van der Waals surface area contributed by atoms with Crippen molar-refractivity contribution in [3.63, 3.8) is 0 Å². The van der Waals surface area contributed by atoms with Crippen LogP contribution in [-0.4, -0.2) is 17.1 Å². The fourth-order valence-corrected chi connectivity index (χ4v) is 4.14. The average molecular weight is 315 g/mol. The first kappa shape index (κ1) is 16.5. The number of rotatable bonds is 4. The Morgan fingerprint density at radius 3 is 2.57 bits per heavy atom. The highest BCUT2D eigenvalue weighted by molar-refractivity contribution is 5.70. The van der Waals surface area contributed by atoms with Crippen LogP contribution in [0.5, 0.6) is 0 Å². The van der Waals surface area contributed by atoms with E-state index in [1.54, 1.807) is 0 Å². The van der Waals surface area contributed by atoms with E-state index in [4.69, 9.17) is 5.11 Å². The SMILES string of the molecule is CC(C)c1ccc2c(c1)[C@H](NC1CCC(C(=O)O)CC1)CCC2. The summed E-state index contributed by atoms with van der Waals surface area (Å²) in [5.74, 6) is -0.179. The summed E-state index contributed by atoms with van der Waals surface area (Å²) in [6, 6.07) is 7.93. The largest absolute Gasteiger partial charge is 0.481 e.